The van der Waals surface area contributed by atoms with Crippen molar-refractivity contribution in [3.63, 3.8) is 0 Å². The first kappa shape index (κ1) is 21.7. The maximum atomic E-state index is 5.38. The minimum absolute atomic E-state index is 0. The zero-order chi connectivity index (χ0) is 17.4. The third-order valence-electron chi connectivity index (χ3n) is 3.58. The summed E-state index contributed by atoms with van der Waals surface area (Å²) in [5, 5.41) is 7.73. The van der Waals surface area contributed by atoms with Gasteiger partial charge in [-0.25, -0.2) is 9.98 Å². The second-order valence-electron chi connectivity index (χ2n) is 5.52. The number of guanidine groups is 1. The van der Waals surface area contributed by atoms with Gasteiger partial charge in [-0.15, -0.1) is 35.3 Å². The minimum Gasteiger partial charge on any atom is -0.496 e. The molecule has 0 radical (unpaired) electrons. The Kier molecular flexibility index (Phi) is 9.81. The molecule has 0 aliphatic heterocycles. The van der Waals surface area contributed by atoms with Gasteiger partial charge in [0.2, 0.25) is 0 Å². The van der Waals surface area contributed by atoms with Crippen LogP contribution in [0.5, 0.6) is 5.75 Å². The molecule has 138 valence electrons. The highest BCUT2D eigenvalue weighted by molar-refractivity contribution is 14.0. The molecule has 1 heterocycles. The van der Waals surface area contributed by atoms with Gasteiger partial charge in [0.05, 0.1) is 18.7 Å². The number of ether oxygens (including phenoxy) is 1. The van der Waals surface area contributed by atoms with Gasteiger partial charge in [0.1, 0.15) is 5.75 Å². The number of hydrogen-bond donors (Lipinski definition) is 2. The second-order valence-corrected chi connectivity index (χ2v) is 6.84. The zero-order valence-electron chi connectivity index (χ0n) is 15.3. The summed E-state index contributed by atoms with van der Waals surface area (Å²) in [7, 11) is 1.71. The fourth-order valence-electron chi connectivity index (χ4n) is 2.32. The summed E-state index contributed by atoms with van der Waals surface area (Å²) in [6, 6.07) is 6.34. The number of halogens is 1. The Labute approximate surface area is 171 Å². The van der Waals surface area contributed by atoms with Gasteiger partial charge in [-0.2, -0.15) is 0 Å². The Morgan fingerprint density at radius 3 is 2.72 bits per heavy atom. The fourth-order valence-corrected chi connectivity index (χ4v) is 3.04. The van der Waals surface area contributed by atoms with Crippen molar-refractivity contribution in [3.8, 4) is 5.75 Å². The lowest BCUT2D eigenvalue weighted by Gasteiger charge is -2.12. The predicted molar refractivity (Wildman–Crippen MR) is 117 cm³/mol. The van der Waals surface area contributed by atoms with Gasteiger partial charge in [-0.05, 0) is 44.4 Å². The van der Waals surface area contributed by atoms with Crippen molar-refractivity contribution < 1.29 is 4.74 Å². The third kappa shape index (κ3) is 7.19. The SMILES string of the molecule is CCNC(=NCc1cnc(C)s1)NCCc1ccc(C)c(OC)c1.I. The van der Waals surface area contributed by atoms with Crippen LogP contribution >= 0.6 is 35.3 Å². The van der Waals surface area contributed by atoms with Crippen molar-refractivity contribution in [2.24, 2.45) is 4.99 Å². The van der Waals surface area contributed by atoms with E-state index >= 15 is 0 Å². The lowest BCUT2D eigenvalue weighted by atomic mass is 10.1. The number of aromatic nitrogens is 1. The molecule has 0 bridgehead atoms. The molecule has 5 nitrogen and oxygen atoms in total. The number of nitrogens with one attached hydrogen (secondary N) is 2. The Morgan fingerprint density at radius 1 is 1.28 bits per heavy atom. The van der Waals surface area contributed by atoms with Gasteiger partial charge in [0, 0.05) is 24.2 Å². The van der Waals surface area contributed by atoms with Crippen molar-refractivity contribution >= 4 is 41.3 Å². The Hall–Kier alpha value is -1.35. The van der Waals surface area contributed by atoms with E-state index in [4.69, 9.17) is 4.74 Å². The van der Waals surface area contributed by atoms with Gasteiger partial charge in [-0.3, -0.25) is 0 Å². The third-order valence-corrected chi connectivity index (χ3v) is 4.48. The molecular formula is C18H27IN4OS. The lowest BCUT2D eigenvalue weighted by Crippen LogP contribution is -2.38. The van der Waals surface area contributed by atoms with Crippen LogP contribution in [-0.2, 0) is 13.0 Å². The molecule has 7 heteroatoms. The molecular weight excluding hydrogens is 447 g/mol. The number of benzene rings is 1. The molecule has 1 aromatic heterocycles. The summed E-state index contributed by atoms with van der Waals surface area (Å²) < 4.78 is 5.38. The van der Waals surface area contributed by atoms with Crippen LogP contribution in [0.15, 0.2) is 29.4 Å². The minimum atomic E-state index is 0. The second kappa shape index (κ2) is 11.3. The fraction of sp³-hybridized carbons (Fsp3) is 0.444. The molecule has 0 amide bonds. The van der Waals surface area contributed by atoms with Crippen LogP contribution in [0.25, 0.3) is 0 Å². The monoisotopic (exact) mass is 474 g/mol. The molecule has 0 saturated carbocycles. The van der Waals surface area contributed by atoms with Crippen LogP contribution in [-0.4, -0.2) is 31.1 Å². The summed E-state index contributed by atoms with van der Waals surface area (Å²) >= 11 is 1.69. The van der Waals surface area contributed by atoms with E-state index in [2.05, 4.69) is 52.7 Å². The molecule has 0 aliphatic rings. The normalized spacial score (nSPS) is 11.0. The van der Waals surface area contributed by atoms with E-state index in [-0.39, 0.29) is 24.0 Å². The van der Waals surface area contributed by atoms with E-state index < -0.39 is 0 Å². The number of rotatable bonds is 7. The van der Waals surface area contributed by atoms with Crippen LogP contribution in [0.2, 0.25) is 0 Å². The molecule has 2 aromatic rings. The maximum absolute atomic E-state index is 5.38. The van der Waals surface area contributed by atoms with E-state index in [0.29, 0.717) is 6.54 Å². The average Bonchev–Trinajstić information content (AvgIpc) is 2.99. The molecule has 25 heavy (non-hydrogen) atoms. The first-order chi connectivity index (χ1) is 11.6. The van der Waals surface area contributed by atoms with Gasteiger partial charge in [-0.1, -0.05) is 12.1 Å². The molecule has 0 aliphatic carbocycles. The van der Waals surface area contributed by atoms with E-state index in [1.54, 1.807) is 18.4 Å². The van der Waals surface area contributed by atoms with Crippen molar-refractivity contribution in [3.05, 3.63) is 45.4 Å². The molecule has 1 aromatic carbocycles. The highest BCUT2D eigenvalue weighted by atomic mass is 127. The van der Waals surface area contributed by atoms with E-state index in [1.165, 1.54) is 10.4 Å². The van der Waals surface area contributed by atoms with Crippen LogP contribution in [0.3, 0.4) is 0 Å². The summed E-state index contributed by atoms with van der Waals surface area (Å²) in [6.07, 6.45) is 2.81. The number of methoxy groups -OCH3 is 1. The molecule has 0 unspecified atom stereocenters. The van der Waals surface area contributed by atoms with Crippen LogP contribution < -0.4 is 15.4 Å². The highest BCUT2D eigenvalue weighted by Crippen LogP contribution is 2.19. The first-order valence-corrected chi connectivity index (χ1v) is 9.01. The summed E-state index contributed by atoms with van der Waals surface area (Å²) in [5.41, 5.74) is 2.41. The Bertz CT molecular complexity index is 687. The molecule has 0 fully saturated rings. The van der Waals surface area contributed by atoms with E-state index in [9.17, 15) is 0 Å². The van der Waals surface area contributed by atoms with Crippen LogP contribution in [0.1, 0.15) is 27.9 Å². The van der Waals surface area contributed by atoms with Gasteiger partial charge < -0.3 is 15.4 Å². The van der Waals surface area contributed by atoms with E-state index in [0.717, 1.165) is 41.8 Å². The van der Waals surface area contributed by atoms with Crippen molar-refractivity contribution in [1.29, 1.82) is 0 Å². The Balaban J connectivity index is 0.00000312. The van der Waals surface area contributed by atoms with Crippen LogP contribution in [0, 0.1) is 13.8 Å². The maximum Gasteiger partial charge on any atom is 0.191 e. The topological polar surface area (TPSA) is 58.5 Å². The van der Waals surface area contributed by atoms with Crippen molar-refractivity contribution in [2.75, 3.05) is 20.2 Å². The van der Waals surface area contributed by atoms with Gasteiger partial charge in [0.25, 0.3) is 0 Å². The van der Waals surface area contributed by atoms with Gasteiger partial charge in [0.15, 0.2) is 5.96 Å². The molecule has 2 N–H and O–H groups in total. The quantitative estimate of drug-likeness (QED) is 0.365. The number of nitrogens with zero attached hydrogens (tertiary/aromatic N) is 2. The standard InChI is InChI=1S/C18H26N4OS.HI/c1-5-19-18(22-12-16-11-21-14(3)24-16)20-9-8-15-7-6-13(2)17(10-15)23-4;/h6-7,10-11H,5,8-9,12H2,1-4H3,(H2,19,20,22);1H. The summed E-state index contributed by atoms with van der Waals surface area (Å²) in [5.74, 6) is 1.77. The smallest absolute Gasteiger partial charge is 0.191 e. The predicted octanol–water partition coefficient (Wildman–Crippen LogP) is 3.68. The molecule has 0 atom stereocenters. The largest absolute Gasteiger partial charge is 0.496 e. The number of hydrogen-bond acceptors (Lipinski definition) is 4. The first-order valence-electron chi connectivity index (χ1n) is 8.19. The van der Waals surface area contributed by atoms with Crippen LogP contribution in [0.4, 0.5) is 0 Å². The lowest BCUT2D eigenvalue weighted by molar-refractivity contribution is 0.411. The molecule has 0 saturated heterocycles. The summed E-state index contributed by atoms with van der Waals surface area (Å²) in [6.45, 7) is 8.44. The van der Waals surface area contributed by atoms with Crippen molar-refractivity contribution in [2.45, 2.75) is 33.7 Å². The Morgan fingerprint density at radius 2 is 2.08 bits per heavy atom. The van der Waals surface area contributed by atoms with E-state index in [1.807, 2.05) is 13.1 Å². The zero-order valence-corrected chi connectivity index (χ0v) is 18.4. The number of aryl methyl sites for hydroxylation is 2. The number of thiazole rings is 1. The average molecular weight is 474 g/mol. The molecule has 0 spiro atoms. The highest BCUT2D eigenvalue weighted by Gasteiger charge is 2.03. The van der Waals surface area contributed by atoms with Gasteiger partial charge >= 0.3 is 0 Å². The number of aliphatic imine (C=N–C) groups is 1. The van der Waals surface area contributed by atoms with Crippen molar-refractivity contribution in [1.82, 2.24) is 15.6 Å². The molecule has 2 rings (SSSR count). The summed E-state index contributed by atoms with van der Waals surface area (Å²) in [4.78, 5) is 10.1.